The molecule has 3 aromatic carbocycles. The minimum atomic E-state index is -0.509. The van der Waals surface area contributed by atoms with Gasteiger partial charge in [0.15, 0.2) is 29.7 Å². The fourth-order valence-corrected chi connectivity index (χ4v) is 7.54. The molecule has 0 bridgehead atoms. The minimum absolute atomic E-state index is 0.0795. The third-order valence-corrected chi connectivity index (χ3v) is 9.96. The van der Waals surface area contributed by atoms with Crippen LogP contribution in [0.1, 0.15) is 81.5 Å². The highest BCUT2D eigenvalue weighted by molar-refractivity contribution is 6.07. The molecular formula is C41H46N2O5. The van der Waals surface area contributed by atoms with Crippen LogP contribution in [0.2, 0.25) is 0 Å². The first-order chi connectivity index (χ1) is 22.8. The molecule has 3 aromatic rings. The zero-order chi connectivity index (χ0) is 34.4. The van der Waals surface area contributed by atoms with E-state index >= 15 is 0 Å². The van der Waals surface area contributed by atoms with Crippen LogP contribution in [-0.4, -0.2) is 36.1 Å². The van der Waals surface area contributed by atoms with E-state index in [1.54, 1.807) is 13.2 Å². The summed E-state index contributed by atoms with van der Waals surface area (Å²) in [6, 6.07) is 21.6. The predicted octanol–water partition coefficient (Wildman–Crippen LogP) is 8.22. The van der Waals surface area contributed by atoms with Crippen molar-refractivity contribution in [2.24, 2.45) is 10.8 Å². The highest BCUT2D eigenvalue weighted by Gasteiger charge is 2.49. The molecule has 7 heteroatoms. The summed E-state index contributed by atoms with van der Waals surface area (Å²) in [5, 5.41) is 2.93. The van der Waals surface area contributed by atoms with Crippen LogP contribution in [0.4, 0.5) is 5.69 Å². The topological polar surface area (TPSA) is 84.9 Å². The maximum absolute atomic E-state index is 14.2. The summed E-state index contributed by atoms with van der Waals surface area (Å²) in [5.74, 6) is 0.220. The van der Waals surface area contributed by atoms with Gasteiger partial charge in [-0.3, -0.25) is 14.4 Å². The first-order valence-corrected chi connectivity index (χ1v) is 16.8. The maximum atomic E-state index is 14.2. The van der Waals surface area contributed by atoms with Gasteiger partial charge in [0, 0.05) is 53.5 Å². The molecule has 0 saturated carbocycles. The van der Waals surface area contributed by atoms with Crippen molar-refractivity contribution in [1.82, 2.24) is 4.90 Å². The Hall–Kier alpha value is -4.65. The van der Waals surface area contributed by atoms with Gasteiger partial charge in [0.1, 0.15) is 0 Å². The van der Waals surface area contributed by atoms with Gasteiger partial charge in [-0.2, -0.15) is 0 Å². The summed E-state index contributed by atoms with van der Waals surface area (Å²) in [7, 11) is 1.56. The highest BCUT2D eigenvalue weighted by Crippen LogP contribution is 2.55. The van der Waals surface area contributed by atoms with Gasteiger partial charge in [-0.25, -0.2) is 0 Å². The number of carbonyl (C=O) groups excluding carboxylic acids is 3. The molecular weight excluding hydrogens is 600 g/mol. The van der Waals surface area contributed by atoms with Gasteiger partial charge in [-0.15, -0.1) is 0 Å². The number of hydrogen-bond acceptors (Lipinski definition) is 6. The molecule has 0 saturated heterocycles. The Kier molecular flexibility index (Phi) is 8.84. The van der Waals surface area contributed by atoms with E-state index in [4.69, 9.17) is 9.47 Å². The lowest BCUT2D eigenvalue weighted by Gasteiger charge is -2.49. The summed E-state index contributed by atoms with van der Waals surface area (Å²) in [6.07, 6.45) is 2.29. The number of ketones is 2. The number of amides is 1. The Bertz CT molecular complexity index is 1800. The largest absolute Gasteiger partial charge is 0.493 e. The van der Waals surface area contributed by atoms with Crippen molar-refractivity contribution in [2.45, 2.75) is 79.7 Å². The number of ether oxygens (including phenoxy) is 2. The normalized spacial score (nSPS) is 18.8. The summed E-state index contributed by atoms with van der Waals surface area (Å²) >= 11 is 0. The van der Waals surface area contributed by atoms with Crippen molar-refractivity contribution < 1.29 is 23.9 Å². The smallest absolute Gasteiger partial charge is 0.262 e. The van der Waals surface area contributed by atoms with E-state index in [1.165, 1.54) is 0 Å². The number of methoxy groups -OCH3 is 1. The number of carbonyl (C=O) groups is 3. The van der Waals surface area contributed by atoms with Crippen LogP contribution in [0.5, 0.6) is 11.5 Å². The summed E-state index contributed by atoms with van der Waals surface area (Å²) in [5.41, 5.74) is 7.79. The van der Waals surface area contributed by atoms with Gasteiger partial charge in [0.25, 0.3) is 5.91 Å². The lowest BCUT2D eigenvalue weighted by atomic mass is 9.63. The number of allylic oxidation sites excluding steroid dienone is 4. The lowest BCUT2D eigenvalue weighted by Crippen LogP contribution is -2.44. The van der Waals surface area contributed by atoms with Gasteiger partial charge in [-0.05, 0) is 78.0 Å². The summed E-state index contributed by atoms with van der Waals surface area (Å²) in [4.78, 5) is 43.6. The zero-order valence-electron chi connectivity index (χ0n) is 29.2. The highest BCUT2D eigenvalue weighted by atomic mass is 16.5. The van der Waals surface area contributed by atoms with Gasteiger partial charge in [0.2, 0.25) is 0 Å². The van der Waals surface area contributed by atoms with Crippen molar-refractivity contribution in [2.75, 3.05) is 19.0 Å². The van der Waals surface area contributed by atoms with Crippen LogP contribution in [0.3, 0.4) is 0 Å². The molecule has 0 spiro atoms. The molecule has 6 rings (SSSR count). The molecule has 1 heterocycles. The van der Waals surface area contributed by atoms with Crippen LogP contribution >= 0.6 is 0 Å². The number of aryl methyl sites for hydroxylation is 1. The van der Waals surface area contributed by atoms with E-state index in [0.29, 0.717) is 42.0 Å². The molecule has 48 heavy (non-hydrogen) atoms. The average Bonchev–Trinajstić information content (AvgIpc) is 3.02. The van der Waals surface area contributed by atoms with E-state index in [2.05, 4.69) is 50.0 Å². The summed E-state index contributed by atoms with van der Waals surface area (Å²) in [6.45, 7) is 13.0. The zero-order valence-corrected chi connectivity index (χ0v) is 29.2. The van der Waals surface area contributed by atoms with E-state index in [-0.39, 0.29) is 34.9 Å². The number of nitrogens with zero attached hydrogens (tertiary/aromatic N) is 1. The van der Waals surface area contributed by atoms with E-state index in [9.17, 15) is 14.4 Å². The third kappa shape index (κ3) is 6.55. The van der Waals surface area contributed by atoms with Gasteiger partial charge >= 0.3 is 0 Å². The molecule has 0 radical (unpaired) electrons. The molecule has 7 nitrogen and oxygen atoms in total. The van der Waals surface area contributed by atoms with Crippen molar-refractivity contribution in [3.05, 3.63) is 112 Å². The van der Waals surface area contributed by atoms with Crippen LogP contribution in [0.25, 0.3) is 0 Å². The Labute approximate surface area is 284 Å². The van der Waals surface area contributed by atoms with Crippen molar-refractivity contribution >= 4 is 23.2 Å². The molecule has 1 amide bonds. The van der Waals surface area contributed by atoms with Crippen molar-refractivity contribution in [3.8, 4) is 11.5 Å². The molecule has 0 unspecified atom stereocenters. The predicted molar refractivity (Wildman–Crippen MR) is 188 cm³/mol. The van der Waals surface area contributed by atoms with E-state index in [0.717, 1.165) is 52.2 Å². The molecule has 0 fully saturated rings. The lowest BCUT2D eigenvalue weighted by molar-refractivity contribution is -0.120. The quantitative estimate of drug-likeness (QED) is 0.266. The van der Waals surface area contributed by atoms with Crippen LogP contribution in [0.15, 0.2) is 89.3 Å². The van der Waals surface area contributed by atoms with Crippen LogP contribution in [0, 0.1) is 24.7 Å². The second-order valence-electron chi connectivity index (χ2n) is 15.1. The monoisotopic (exact) mass is 646 g/mol. The Morgan fingerprint density at radius 2 is 1.44 bits per heavy atom. The van der Waals surface area contributed by atoms with E-state index < -0.39 is 5.92 Å². The number of Topliss-reactive ketones (excluding diaryl/α,β-unsaturated/α-hetero) is 2. The molecule has 1 aliphatic heterocycles. The van der Waals surface area contributed by atoms with Crippen LogP contribution in [-0.2, 0) is 20.9 Å². The first kappa shape index (κ1) is 33.3. The molecule has 250 valence electrons. The number of benzene rings is 3. The number of rotatable bonds is 8. The van der Waals surface area contributed by atoms with Crippen LogP contribution < -0.4 is 14.8 Å². The number of nitrogens with one attached hydrogen (secondary N) is 1. The van der Waals surface area contributed by atoms with Gasteiger partial charge in [0.05, 0.1) is 7.11 Å². The minimum Gasteiger partial charge on any atom is -0.493 e. The Balaban J connectivity index is 1.39. The molecule has 0 atom stereocenters. The van der Waals surface area contributed by atoms with E-state index in [1.807, 2.05) is 62.4 Å². The third-order valence-electron chi connectivity index (χ3n) is 9.96. The number of anilines is 1. The van der Waals surface area contributed by atoms with Crippen molar-refractivity contribution in [1.29, 1.82) is 0 Å². The van der Waals surface area contributed by atoms with Gasteiger partial charge < -0.3 is 19.7 Å². The second-order valence-corrected chi connectivity index (χ2v) is 15.1. The SMILES string of the molecule is COc1cc(C2C3=C(CC(C)(C)CC3=O)N(Cc3ccccc3)C3=C2C(=O)CC(C)(C)C3)ccc1OCC(=O)Nc1cccc(C)c1C. The Morgan fingerprint density at radius 1 is 0.812 bits per heavy atom. The molecule has 1 N–H and O–H groups in total. The molecule has 3 aliphatic rings. The van der Waals surface area contributed by atoms with Crippen molar-refractivity contribution in [3.63, 3.8) is 0 Å². The van der Waals surface area contributed by atoms with Gasteiger partial charge in [-0.1, -0.05) is 76.2 Å². The first-order valence-electron chi connectivity index (χ1n) is 16.8. The fraction of sp³-hybridized carbons (Fsp3) is 0.390. The fourth-order valence-electron chi connectivity index (χ4n) is 7.54. The molecule has 2 aliphatic carbocycles. The maximum Gasteiger partial charge on any atom is 0.262 e. The Morgan fingerprint density at radius 3 is 2.04 bits per heavy atom. The average molecular weight is 647 g/mol. The second kappa shape index (κ2) is 12.8. The summed E-state index contributed by atoms with van der Waals surface area (Å²) < 4.78 is 11.8. The molecule has 0 aromatic heterocycles. The number of hydrogen-bond donors (Lipinski definition) is 1. The standard InChI is InChI=1S/C41H46N2O5/c1-25-12-11-15-29(26(25)2)42-36(46)24-48-34-17-16-28(18-35(34)47-7)37-38-30(19-40(3,4)21-32(38)44)43(23-27-13-9-8-10-14-27)31-20-41(5,6)22-33(45)39(31)37/h8-18,37H,19-24H2,1-7H3,(H,42,46).